The summed E-state index contributed by atoms with van der Waals surface area (Å²) in [4.78, 5) is 12.5. The van der Waals surface area contributed by atoms with E-state index in [1.807, 2.05) is 4.90 Å². The quantitative estimate of drug-likeness (QED) is 0.907. The number of carboxylic acids is 1. The van der Waals surface area contributed by atoms with E-state index in [1.54, 1.807) is 6.07 Å². The molecule has 1 atom stereocenters. The first-order chi connectivity index (χ1) is 10.4. The lowest BCUT2D eigenvalue weighted by Crippen LogP contribution is -2.39. The smallest absolute Gasteiger partial charge is 0.416 e. The fourth-order valence-electron chi connectivity index (χ4n) is 2.48. The number of carboxylic acid groups (broad SMARTS) is 1. The Morgan fingerprint density at radius 1 is 1.41 bits per heavy atom. The van der Waals surface area contributed by atoms with E-state index in [0.29, 0.717) is 38.2 Å². The molecule has 0 radical (unpaired) electrons. The lowest BCUT2D eigenvalue weighted by atomic mass is 10.0. The van der Waals surface area contributed by atoms with Gasteiger partial charge in [0.05, 0.1) is 18.3 Å². The van der Waals surface area contributed by atoms with Crippen LogP contribution in [0, 0.1) is 0 Å². The van der Waals surface area contributed by atoms with Gasteiger partial charge >= 0.3 is 12.1 Å². The Morgan fingerprint density at radius 2 is 2.18 bits per heavy atom. The first-order valence-electron chi connectivity index (χ1n) is 7.09. The summed E-state index contributed by atoms with van der Waals surface area (Å²) < 4.78 is 43.8. The maximum Gasteiger partial charge on any atom is 0.416 e. The Kier molecular flexibility index (Phi) is 5.42. The number of hydrogen-bond donors (Lipinski definition) is 1. The molecule has 0 saturated carbocycles. The van der Waals surface area contributed by atoms with Gasteiger partial charge in [-0.2, -0.15) is 13.2 Å². The van der Waals surface area contributed by atoms with Crippen molar-refractivity contribution in [1.82, 2.24) is 4.90 Å². The summed E-state index contributed by atoms with van der Waals surface area (Å²) in [5, 5.41) is 8.63. The molecule has 4 nitrogen and oxygen atoms in total. The third-order valence-electron chi connectivity index (χ3n) is 3.60. The van der Waals surface area contributed by atoms with Gasteiger partial charge in [-0.25, -0.2) is 0 Å². The first-order valence-corrected chi connectivity index (χ1v) is 7.09. The van der Waals surface area contributed by atoms with Gasteiger partial charge in [-0.3, -0.25) is 9.69 Å². The third kappa shape index (κ3) is 4.71. The molecule has 0 aliphatic carbocycles. The number of benzene rings is 1. The average molecular weight is 317 g/mol. The Labute approximate surface area is 126 Å². The summed E-state index contributed by atoms with van der Waals surface area (Å²) in [6.07, 6.45) is -4.18. The molecule has 2 rings (SSSR count). The fraction of sp³-hybridized carbons (Fsp3) is 0.533. The number of aliphatic carboxylic acids is 1. The predicted octanol–water partition coefficient (Wildman–Crippen LogP) is 2.94. The van der Waals surface area contributed by atoms with Gasteiger partial charge in [0.2, 0.25) is 0 Å². The molecule has 1 aromatic rings. The maximum atomic E-state index is 12.7. The fourth-order valence-corrected chi connectivity index (χ4v) is 2.48. The van der Waals surface area contributed by atoms with Crippen molar-refractivity contribution in [3.63, 3.8) is 0 Å². The van der Waals surface area contributed by atoms with Gasteiger partial charge in [-0.1, -0.05) is 12.1 Å². The Morgan fingerprint density at radius 3 is 2.86 bits per heavy atom. The molecule has 1 aromatic carbocycles. The summed E-state index contributed by atoms with van der Waals surface area (Å²) in [6, 6.07) is 5.16. The normalized spacial score (nSPS) is 20.0. The summed E-state index contributed by atoms with van der Waals surface area (Å²) in [7, 11) is 0. The molecule has 122 valence electrons. The van der Waals surface area contributed by atoms with Crippen molar-refractivity contribution in [3.8, 4) is 0 Å². The van der Waals surface area contributed by atoms with Crippen LogP contribution in [0.4, 0.5) is 13.2 Å². The van der Waals surface area contributed by atoms with Crippen molar-refractivity contribution in [1.29, 1.82) is 0 Å². The number of carbonyl (C=O) groups is 1. The van der Waals surface area contributed by atoms with Crippen molar-refractivity contribution < 1.29 is 27.8 Å². The number of rotatable bonds is 5. The summed E-state index contributed by atoms with van der Waals surface area (Å²) >= 11 is 0. The van der Waals surface area contributed by atoms with Crippen LogP contribution in [0.25, 0.3) is 0 Å². The number of ether oxygens (including phenoxy) is 1. The van der Waals surface area contributed by atoms with Crippen LogP contribution < -0.4 is 0 Å². The average Bonchev–Trinajstić information content (AvgIpc) is 2.46. The molecule has 1 fully saturated rings. The van der Waals surface area contributed by atoms with Gasteiger partial charge in [-0.15, -0.1) is 0 Å². The topological polar surface area (TPSA) is 49.8 Å². The van der Waals surface area contributed by atoms with Gasteiger partial charge in [0.25, 0.3) is 0 Å². The Bertz CT molecular complexity index is 519. The van der Waals surface area contributed by atoms with Crippen LogP contribution in [0.1, 0.15) is 30.1 Å². The van der Waals surface area contributed by atoms with Crippen LogP contribution in [-0.4, -0.2) is 42.2 Å². The minimum atomic E-state index is -4.37. The minimum absolute atomic E-state index is 0.0889. The van der Waals surface area contributed by atoms with Crippen molar-refractivity contribution in [2.24, 2.45) is 0 Å². The highest BCUT2D eigenvalue weighted by molar-refractivity contribution is 5.66. The number of morpholine rings is 1. The van der Waals surface area contributed by atoms with E-state index in [9.17, 15) is 18.0 Å². The first kappa shape index (κ1) is 16.8. The Hall–Kier alpha value is -1.60. The van der Waals surface area contributed by atoms with E-state index in [-0.39, 0.29) is 6.42 Å². The van der Waals surface area contributed by atoms with Crippen molar-refractivity contribution in [2.75, 3.05) is 26.2 Å². The van der Waals surface area contributed by atoms with Gasteiger partial charge in [0.1, 0.15) is 0 Å². The van der Waals surface area contributed by atoms with Crippen LogP contribution in [0.2, 0.25) is 0 Å². The van der Waals surface area contributed by atoms with Crippen LogP contribution in [0.3, 0.4) is 0 Å². The molecule has 22 heavy (non-hydrogen) atoms. The third-order valence-corrected chi connectivity index (χ3v) is 3.60. The van der Waals surface area contributed by atoms with Crippen LogP contribution in [-0.2, 0) is 15.7 Å². The largest absolute Gasteiger partial charge is 0.481 e. The Balaban J connectivity index is 1.98. The van der Waals surface area contributed by atoms with E-state index >= 15 is 0 Å². The number of nitrogens with zero attached hydrogens (tertiary/aromatic N) is 1. The summed E-state index contributed by atoms with van der Waals surface area (Å²) in [5.41, 5.74) is -0.186. The number of halogens is 3. The van der Waals surface area contributed by atoms with Crippen molar-refractivity contribution in [2.45, 2.75) is 25.1 Å². The van der Waals surface area contributed by atoms with Gasteiger partial charge in [0.15, 0.2) is 0 Å². The lowest BCUT2D eigenvalue weighted by Gasteiger charge is -2.33. The maximum absolute atomic E-state index is 12.7. The zero-order valence-electron chi connectivity index (χ0n) is 12.0. The molecule has 0 amide bonds. The summed E-state index contributed by atoms with van der Waals surface area (Å²) in [6.45, 7) is 2.16. The predicted molar refractivity (Wildman–Crippen MR) is 73.4 cm³/mol. The standard InChI is InChI=1S/C15H18F3NO3/c16-15(17,18)12-4-1-3-11(9-12)13-10-19(7-8-22-13)6-2-5-14(20)21/h1,3-4,9,13H,2,5-8,10H2,(H,20,21)/t13-/m0/s1. The monoisotopic (exact) mass is 317 g/mol. The van der Waals surface area contributed by atoms with E-state index in [4.69, 9.17) is 9.84 Å². The molecule has 0 bridgehead atoms. The second-order valence-corrected chi connectivity index (χ2v) is 5.28. The molecule has 1 saturated heterocycles. The van der Waals surface area contributed by atoms with Crippen LogP contribution >= 0.6 is 0 Å². The van der Waals surface area contributed by atoms with Crippen molar-refractivity contribution in [3.05, 3.63) is 35.4 Å². The molecule has 7 heteroatoms. The van der Waals surface area contributed by atoms with E-state index < -0.39 is 23.8 Å². The number of alkyl halides is 3. The zero-order chi connectivity index (χ0) is 16.2. The highest BCUT2D eigenvalue weighted by Gasteiger charge is 2.31. The summed E-state index contributed by atoms with van der Waals surface area (Å²) in [5.74, 6) is -0.845. The van der Waals surface area contributed by atoms with E-state index in [2.05, 4.69) is 0 Å². The lowest BCUT2D eigenvalue weighted by molar-refractivity contribution is -0.138. The zero-order valence-corrected chi connectivity index (χ0v) is 12.0. The van der Waals surface area contributed by atoms with E-state index in [1.165, 1.54) is 6.07 Å². The highest BCUT2D eigenvalue weighted by Crippen LogP contribution is 2.32. The molecule has 1 aliphatic rings. The SMILES string of the molecule is O=C(O)CCCN1CCO[C@H](c2cccc(C(F)(F)F)c2)C1. The van der Waals surface area contributed by atoms with Crippen molar-refractivity contribution >= 4 is 5.97 Å². The molecule has 1 heterocycles. The van der Waals surface area contributed by atoms with Gasteiger partial charge in [0, 0.05) is 19.5 Å². The van der Waals surface area contributed by atoms with E-state index in [0.717, 1.165) is 12.1 Å². The molecule has 0 aromatic heterocycles. The molecule has 0 spiro atoms. The molecule has 0 unspecified atom stereocenters. The molecular formula is C15H18F3NO3. The number of hydrogen-bond acceptors (Lipinski definition) is 3. The van der Waals surface area contributed by atoms with Crippen LogP contribution in [0.5, 0.6) is 0 Å². The molecule has 1 N–H and O–H groups in total. The van der Waals surface area contributed by atoms with Gasteiger partial charge in [-0.05, 0) is 30.7 Å². The molecule has 1 aliphatic heterocycles. The minimum Gasteiger partial charge on any atom is -0.481 e. The van der Waals surface area contributed by atoms with Crippen LogP contribution in [0.15, 0.2) is 24.3 Å². The van der Waals surface area contributed by atoms with Gasteiger partial charge < -0.3 is 9.84 Å². The second-order valence-electron chi connectivity index (χ2n) is 5.28. The highest BCUT2D eigenvalue weighted by atomic mass is 19.4. The second kappa shape index (κ2) is 7.11. The molecular weight excluding hydrogens is 299 g/mol.